The summed E-state index contributed by atoms with van der Waals surface area (Å²) in [7, 11) is 1.26. The molecule has 4 rings (SSSR count). The third-order valence-electron chi connectivity index (χ3n) is 6.03. The Morgan fingerprint density at radius 1 is 1.32 bits per heavy atom. The maximum atomic E-state index is 13.3. The molecule has 0 bridgehead atoms. The fraction of sp³-hybridized carbons (Fsp3) is 0.619. The highest BCUT2D eigenvalue weighted by molar-refractivity contribution is 5.95. The Hall–Kier alpha value is -1.96. The Morgan fingerprint density at radius 2 is 2.00 bits per heavy atom. The molecule has 1 amide bonds. The molecule has 3 aliphatic rings. The molecule has 1 N–H and O–H groups in total. The molecule has 0 radical (unpaired) electrons. The van der Waals surface area contributed by atoms with Gasteiger partial charge in [0.2, 0.25) is 5.91 Å². The van der Waals surface area contributed by atoms with Crippen molar-refractivity contribution < 1.29 is 28.9 Å². The van der Waals surface area contributed by atoms with E-state index in [-0.39, 0.29) is 24.7 Å². The lowest BCUT2D eigenvalue weighted by molar-refractivity contribution is -0.161. The molecule has 7 heteroatoms. The minimum atomic E-state index is -1.49. The van der Waals surface area contributed by atoms with Gasteiger partial charge < -0.3 is 19.3 Å². The van der Waals surface area contributed by atoms with Crippen LogP contribution < -0.4 is 0 Å². The highest BCUT2D eigenvalue weighted by Gasteiger charge is 2.70. The molecule has 1 aromatic carbocycles. The van der Waals surface area contributed by atoms with Gasteiger partial charge in [-0.25, -0.2) is 4.79 Å². The van der Waals surface area contributed by atoms with E-state index in [1.54, 1.807) is 0 Å². The highest BCUT2D eigenvalue weighted by atomic mass is 16.6. The number of ether oxygens (including phenoxy) is 3. The van der Waals surface area contributed by atoms with E-state index in [2.05, 4.69) is 0 Å². The van der Waals surface area contributed by atoms with Gasteiger partial charge in [0.1, 0.15) is 18.4 Å². The molecule has 1 aromatic rings. The molecule has 0 aromatic heterocycles. The SMILES string of the molecule is COC(=O)[C@]12CO[C@H](C(C)(C)C)N1C(=O)[C@@H](CC1OC1c1ccccc1)[C@@H]2O. The number of methoxy groups -OCH3 is 1. The topological polar surface area (TPSA) is 88.6 Å². The first-order valence-electron chi connectivity index (χ1n) is 9.63. The van der Waals surface area contributed by atoms with Crippen LogP contribution in [0.1, 0.15) is 38.9 Å². The summed E-state index contributed by atoms with van der Waals surface area (Å²) in [6.07, 6.45) is -1.70. The van der Waals surface area contributed by atoms with E-state index >= 15 is 0 Å². The fourth-order valence-corrected chi connectivity index (χ4v) is 4.58. The first kappa shape index (κ1) is 19.4. The molecule has 152 valence electrons. The van der Waals surface area contributed by atoms with Crippen LogP contribution in [0, 0.1) is 11.3 Å². The number of esters is 1. The van der Waals surface area contributed by atoms with Gasteiger partial charge in [0, 0.05) is 5.41 Å². The normalized spacial score (nSPS) is 37.1. The number of hydrogen-bond acceptors (Lipinski definition) is 6. The van der Waals surface area contributed by atoms with Gasteiger partial charge in [0.15, 0.2) is 5.54 Å². The van der Waals surface area contributed by atoms with Crippen LogP contribution >= 0.6 is 0 Å². The van der Waals surface area contributed by atoms with Crippen LogP contribution in [0.4, 0.5) is 0 Å². The molecule has 3 aliphatic heterocycles. The first-order valence-corrected chi connectivity index (χ1v) is 9.63. The Balaban J connectivity index is 1.59. The van der Waals surface area contributed by atoms with Gasteiger partial charge in [-0.1, -0.05) is 51.1 Å². The van der Waals surface area contributed by atoms with Crippen molar-refractivity contribution in [3.63, 3.8) is 0 Å². The number of rotatable bonds is 4. The lowest BCUT2D eigenvalue weighted by atomic mass is 9.86. The van der Waals surface area contributed by atoms with Crippen molar-refractivity contribution in [1.82, 2.24) is 4.90 Å². The van der Waals surface area contributed by atoms with E-state index in [1.165, 1.54) is 12.0 Å². The molecule has 28 heavy (non-hydrogen) atoms. The van der Waals surface area contributed by atoms with Gasteiger partial charge in [0.05, 0.1) is 25.7 Å². The molecular formula is C21H27NO6. The van der Waals surface area contributed by atoms with Crippen molar-refractivity contribution in [3.05, 3.63) is 35.9 Å². The predicted octanol–water partition coefficient (Wildman–Crippen LogP) is 1.65. The van der Waals surface area contributed by atoms with E-state index in [1.807, 2.05) is 51.1 Å². The third-order valence-corrected chi connectivity index (χ3v) is 6.03. The van der Waals surface area contributed by atoms with Gasteiger partial charge in [-0.2, -0.15) is 0 Å². The average Bonchev–Trinajstić information content (AvgIpc) is 3.26. The van der Waals surface area contributed by atoms with Crippen molar-refractivity contribution in [2.75, 3.05) is 13.7 Å². The fourth-order valence-electron chi connectivity index (χ4n) is 4.58. The van der Waals surface area contributed by atoms with E-state index in [9.17, 15) is 14.7 Å². The lowest BCUT2D eigenvalue weighted by Gasteiger charge is -2.36. The van der Waals surface area contributed by atoms with Crippen LogP contribution in [0.15, 0.2) is 30.3 Å². The zero-order chi connectivity index (χ0) is 20.3. The van der Waals surface area contributed by atoms with E-state index < -0.39 is 35.2 Å². The zero-order valence-corrected chi connectivity index (χ0v) is 16.6. The molecule has 2 unspecified atom stereocenters. The summed E-state index contributed by atoms with van der Waals surface area (Å²) in [6.45, 7) is 5.74. The number of benzene rings is 1. The van der Waals surface area contributed by atoms with Gasteiger partial charge >= 0.3 is 5.97 Å². The van der Waals surface area contributed by atoms with Crippen molar-refractivity contribution in [3.8, 4) is 0 Å². The molecule has 0 aliphatic carbocycles. The van der Waals surface area contributed by atoms with Crippen molar-refractivity contribution in [1.29, 1.82) is 0 Å². The molecule has 3 heterocycles. The zero-order valence-electron chi connectivity index (χ0n) is 16.6. The number of epoxide rings is 1. The number of carbonyl (C=O) groups excluding carboxylic acids is 2. The predicted molar refractivity (Wildman–Crippen MR) is 99.0 cm³/mol. The summed E-state index contributed by atoms with van der Waals surface area (Å²) in [5.41, 5.74) is -0.861. The molecule has 7 nitrogen and oxygen atoms in total. The monoisotopic (exact) mass is 389 g/mol. The quantitative estimate of drug-likeness (QED) is 0.622. The first-order chi connectivity index (χ1) is 13.2. The van der Waals surface area contributed by atoms with Crippen LogP contribution in [-0.4, -0.2) is 59.6 Å². The molecule has 0 saturated carbocycles. The summed E-state index contributed by atoms with van der Waals surface area (Å²) < 4.78 is 16.6. The van der Waals surface area contributed by atoms with Crippen LogP contribution in [0.25, 0.3) is 0 Å². The Morgan fingerprint density at radius 3 is 2.61 bits per heavy atom. The molecule has 3 saturated heterocycles. The number of hydrogen-bond donors (Lipinski definition) is 1. The maximum Gasteiger partial charge on any atom is 0.337 e. The number of amides is 1. The minimum Gasteiger partial charge on any atom is -0.467 e. The maximum absolute atomic E-state index is 13.3. The smallest absolute Gasteiger partial charge is 0.337 e. The van der Waals surface area contributed by atoms with Crippen molar-refractivity contribution in [2.24, 2.45) is 11.3 Å². The summed E-state index contributed by atoms with van der Waals surface area (Å²) in [5, 5.41) is 11.1. The second-order valence-electron chi connectivity index (χ2n) is 8.95. The second-order valence-corrected chi connectivity index (χ2v) is 8.95. The summed E-state index contributed by atoms with van der Waals surface area (Å²) in [5.74, 6) is -1.65. The molecule has 3 fully saturated rings. The van der Waals surface area contributed by atoms with Crippen molar-refractivity contribution in [2.45, 2.75) is 57.3 Å². The highest BCUT2D eigenvalue weighted by Crippen LogP contribution is 2.51. The van der Waals surface area contributed by atoms with Crippen LogP contribution in [0.5, 0.6) is 0 Å². The Kier molecular flexibility index (Phi) is 4.52. The van der Waals surface area contributed by atoms with Crippen LogP contribution in [-0.2, 0) is 23.8 Å². The van der Waals surface area contributed by atoms with E-state index in [4.69, 9.17) is 14.2 Å². The average molecular weight is 389 g/mol. The van der Waals surface area contributed by atoms with Crippen LogP contribution in [0.2, 0.25) is 0 Å². The minimum absolute atomic E-state index is 0.0708. The lowest BCUT2D eigenvalue weighted by Crippen LogP contribution is -2.59. The van der Waals surface area contributed by atoms with Gasteiger partial charge in [-0.15, -0.1) is 0 Å². The Bertz CT molecular complexity index is 775. The number of fused-ring (bicyclic) bond motifs is 1. The largest absolute Gasteiger partial charge is 0.467 e. The summed E-state index contributed by atoms with van der Waals surface area (Å²) >= 11 is 0. The Labute approximate surface area is 164 Å². The van der Waals surface area contributed by atoms with Crippen LogP contribution in [0.3, 0.4) is 0 Å². The number of carbonyl (C=O) groups is 2. The van der Waals surface area contributed by atoms with Gasteiger partial charge in [-0.05, 0) is 12.0 Å². The van der Waals surface area contributed by atoms with Gasteiger partial charge in [0.25, 0.3) is 0 Å². The molecule has 0 spiro atoms. The number of aliphatic hydroxyl groups is 1. The summed E-state index contributed by atoms with van der Waals surface area (Å²) in [4.78, 5) is 27.4. The van der Waals surface area contributed by atoms with Gasteiger partial charge in [-0.3, -0.25) is 9.69 Å². The number of aliphatic hydroxyl groups excluding tert-OH is 1. The summed E-state index contributed by atoms with van der Waals surface area (Å²) in [6, 6.07) is 9.78. The number of nitrogens with zero attached hydrogens (tertiary/aromatic N) is 1. The van der Waals surface area contributed by atoms with E-state index in [0.717, 1.165) is 5.56 Å². The third kappa shape index (κ3) is 2.76. The van der Waals surface area contributed by atoms with E-state index in [0.29, 0.717) is 6.42 Å². The van der Waals surface area contributed by atoms with Crippen molar-refractivity contribution >= 4 is 11.9 Å². The molecular weight excluding hydrogens is 362 g/mol. The standard InChI is InChI=1S/C21H27NO6/c1-20(2,3)18-22-17(24)13(16(23)21(22,11-27-18)19(25)26-4)10-14-15(28-14)12-8-6-5-7-9-12/h5-9,13-16,18,23H,10-11H2,1-4H3/t13-,14?,15?,16-,18+,21+/m0/s1. The molecule has 6 atom stereocenters. The second kappa shape index (κ2) is 6.54.